The number of ether oxygens (including phenoxy) is 1. The van der Waals surface area contributed by atoms with Crippen molar-refractivity contribution in [2.24, 2.45) is 0 Å². The molecule has 3 nitrogen and oxygen atoms in total. The quantitative estimate of drug-likeness (QED) is 0.579. The van der Waals surface area contributed by atoms with Crippen molar-refractivity contribution in [2.75, 3.05) is 6.61 Å². The number of carbonyl (C=O) groups excluding carboxylic acids is 2. The normalized spacial score (nSPS) is 10.0. The molecule has 0 saturated carbocycles. The number of benzene rings is 1. The Hall–Kier alpha value is -1.35. The zero-order valence-corrected chi connectivity index (χ0v) is 10.5. The second-order valence-electron chi connectivity index (χ2n) is 3.65. The Morgan fingerprint density at radius 2 is 1.88 bits per heavy atom. The van der Waals surface area contributed by atoms with Crippen LogP contribution in [-0.4, -0.2) is 18.4 Å². The van der Waals surface area contributed by atoms with E-state index in [9.17, 15) is 9.59 Å². The van der Waals surface area contributed by atoms with E-state index in [4.69, 9.17) is 16.3 Å². The van der Waals surface area contributed by atoms with Crippen LogP contribution in [0.2, 0.25) is 5.02 Å². The molecule has 4 heteroatoms. The second kappa shape index (κ2) is 7.07. The molecule has 0 bridgehead atoms. The van der Waals surface area contributed by atoms with Crippen LogP contribution in [-0.2, 0) is 20.7 Å². The molecule has 0 N–H and O–H groups in total. The summed E-state index contributed by atoms with van der Waals surface area (Å²) in [4.78, 5) is 22.5. The Balaban J connectivity index is 2.33. The molecule has 0 aliphatic rings. The number of rotatable bonds is 6. The summed E-state index contributed by atoms with van der Waals surface area (Å²) < 4.78 is 4.70. The van der Waals surface area contributed by atoms with Gasteiger partial charge in [-0.05, 0) is 31.0 Å². The Labute approximate surface area is 106 Å². The third-order valence-electron chi connectivity index (χ3n) is 2.25. The molecule has 1 aromatic rings. The molecule has 92 valence electrons. The molecule has 0 atom stereocenters. The highest BCUT2D eigenvalue weighted by Gasteiger charge is 2.10. The average molecular weight is 255 g/mol. The summed E-state index contributed by atoms with van der Waals surface area (Å²) in [6.07, 6.45) is 0.831. The largest absolute Gasteiger partial charge is 0.466 e. The van der Waals surface area contributed by atoms with Crippen molar-refractivity contribution in [3.05, 3.63) is 34.9 Å². The fourth-order valence-electron chi connectivity index (χ4n) is 1.40. The lowest BCUT2D eigenvalue weighted by molar-refractivity contribution is -0.145. The molecule has 0 heterocycles. The van der Waals surface area contributed by atoms with E-state index in [1.165, 1.54) is 0 Å². The molecular weight excluding hydrogens is 240 g/mol. The van der Waals surface area contributed by atoms with E-state index in [-0.39, 0.29) is 12.2 Å². The fourth-order valence-corrected chi connectivity index (χ4v) is 1.52. The third kappa shape index (κ3) is 5.50. The first-order valence-corrected chi connectivity index (χ1v) is 5.91. The van der Waals surface area contributed by atoms with Gasteiger partial charge in [0.1, 0.15) is 12.2 Å². The van der Waals surface area contributed by atoms with Gasteiger partial charge in [0.25, 0.3) is 0 Å². The maximum Gasteiger partial charge on any atom is 0.313 e. The first-order valence-electron chi connectivity index (χ1n) is 5.53. The van der Waals surface area contributed by atoms with Gasteiger partial charge in [0.2, 0.25) is 0 Å². The van der Waals surface area contributed by atoms with Crippen LogP contribution in [0.5, 0.6) is 0 Å². The van der Waals surface area contributed by atoms with E-state index in [0.717, 1.165) is 5.56 Å². The highest BCUT2D eigenvalue weighted by atomic mass is 35.5. The summed E-state index contributed by atoms with van der Waals surface area (Å²) >= 11 is 5.75. The number of esters is 1. The van der Waals surface area contributed by atoms with Crippen LogP contribution in [0, 0.1) is 0 Å². The van der Waals surface area contributed by atoms with Crippen molar-refractivity contribution in [2.45, 2.75) is 26.2 Å². The summed E-state index contributed by atoms with van der Waals surface area (Å²) in [5, 5.41) is 0.673. The van der Waals surface area contributed by atoms with Gasteiger partial charge in [-0.1, -0.05) is 23.7 Å². The minimum atomic E-state index is -0.450. The molecule has 0 unspecified atom stereocenters. The van der Waals surface area contributed by atoms with Gasteiger partial charge in [-0.15, -0.1) is 0 Å². The van der Waals surface area contributed by atoms with Gasteiger partial charge in [-0.3, -0.25) is 9.59 Å². The Kier molecular flexibility index (Phi) is 5.70. The average Bonchev–Trinajstić information content (AvgIpc) is 2.28. The van der Waals surface area contributed by atoms with Crippen molar-refractivity contribution in [1.29, 1.82) is 0 Å². The van der Waals surface area contributed by atoms with Crippen molar-refractivity contribution >= 4 is 23.4 Å². The van der Waals surface area contributed by atoms with E-state index < -0.39 is 5.97 Å². The summed E-state index contributed by atoms with van der Waals surface area (Å²) in [6, 6.07) is 7.32. The predicted molar refractivity (Wildman–Crippen MR) is 66.0 cm³/mol. The van der Waals surface area contributed by atoms with Crippen LogP contribution < -0.4 is 0 Å². The minimum Gasteiger partial charge on any atom is -0.466 e. The van der Waals surface area contributed by atoms with E-state index in [2.05, 4.69) is 0 Å². The van der Waals surface area contributed by atoms with Crippen molar-refractivity contribution in [1.82, 2.24) is 0 Å². The molecule has 0 radical (unpaired) electrons. The van der Waals surface area contributed by atoms with E-state index in [1.54, 1.807) is 19.1 Å². The van der Waals surface area contributed by atoms with Crippen molar-refractivity contribution in [3.63, 3.8) is 0 Å². The first kappa shape index (κ1) is 13.7. The summed E-state index contributed by atoms with van der Waals surface area (Å²) in [5.74, 6) is -0.549. The zero-order chi connectivity index (χ0) is 12.7. The summed E-state index contributed by atoms with van der Waals surface area (Å²) in [7, 11) is 0. The van der Waals surface area contributed by atoms with Gasteiger partial charge in [-0.2, -0.15) is 0 Å². The maximum atomic E-state index is 11.4. The topological polar surface area (TPSA) is 43.4 Å². The Bertz CT molecular complexity index is 384. The van der Waals surface area contributed by atoms with Crippen LogP contribution >= 0.6 is 11.6 Å². The van der Waals surface area contributed by atoms with E-state index in [0.29, 0.717) is 24.5 Å². The first-order chi connectivity index (χ1) is 8.11. The van der Waals surface area contributed by atoms with Gasteiger partial charge in [0.15, 0.2) is 0 Å². The predicted octanol–water partition coefficient (Wildman–Crippen LogP) is 2.79. The van der Waals surface area contributed by atoms with Crippen molar-refractivity contribution in [3.8, 4) is 0 Å². The molecule has 1 rings (SSSR count). The molecule has 0 amide bonds. The maximum absolute atomic E-state index is 11.4. The lowest BCUT2D eigenvalue weighted by Gasteiger charge is -2.02. The third-order valence-corrected chi connectivity index (χ3v) is 2.50. The number of carbonyl (C=O) groups is 2. The number of aryl methyl sites for hydroxylation is 1. The number of Topliss-reactive ketones (excluding diaryl/α,β-unsaturated/α-hetero) is 1. The Morgan fingerprint density at radius 1 is 1.24 bits per heavy atom. The molecule has 0 saturated heterocycles. The molecule has 0 aliphatic heterocycles. The fraction of sp³-hybridized carbons (Fsp3) is 0.385. The van der Waals surface area contributed by atoms with E-state index >= 15 is 0 Å². The van der Waals surface area contributed by atoms with E-state index in [1.807, 2.05) is 12.1 Å². The van der Waals surface area contributed by atoms with Crippen molar-refractivity contribution < 1.29 is 14.3 Å². The zero-order valence-electron chi connectivity index (χ0n) is 9.74. The van der Waals surface area contributed by atoms with Crippen LogP contribution in [0.3, 0.4) is 0 Å². The molecular formula is C13H15ClO3. The summed E-state index contributed by atoms with van der Waals surface area (Å²) in [6.45, 7) is 2.03. The number of ketones is 1. The van der Waals surface area contributed by atoms with Gasteiger partial charge >= 0.3 is 5.97 Å². The SMILES string of the molecule is CCOC(=O)CC(=O)CCc1ccc(Cl)cc1. The summed E-state index contributed by atoms with van der Waals surface area (Å²) in [5.41, 5.74) is 1.03. The minimum absolute atomic E-state index is 0.0987. The molecule has 0 aromatic heterocycles. The lowest BCUT2D eigenvalue weighted by atomic mass is 10.1. The number of halogens is 1. The highest BCUT2D eigenvalue weighted by molar-refractivity contribution is 6.30. The molecule has 0 fully saturated rings. The van der Waals surface area contributed by atoms with Crippen LogP contribution in [0.4, 0.5) is 0 Å². The molecule has 0 aliphatic carbocycles. The highest BCUT2D eigenvalue weighted by Crippen LogP contribution is 2.11. The van der Waals surface area contributed by atoms with Gasteiger partial charge in [0, 0.05) is 11.4 Å². The van der Waals surface area contributed by atoms with Gasteiger partial charge < -0.3 is 4.74 Å². The Morgan fingerprint density at radius 3 is 2.47 bits per heavy atom. The number of hydrogen-bond donors (Lipinski definition) is 0. The monoisotopic (exact) mass is 254 g/mol. The van der Waals surface area contributed by atoms with Crippen LogP contribution in [0.15, 0.2) is 24.3 Å². The smallest absolute Gasteiger partial charge is 0.313 e. The number of hydrogen-bond acceptors (Lipinski definition) is 3. The molecule has 0 spiro atoms. The lowest BCUT2D eigenvalue weighted by Crippen LogP contribution is -2.11. The second-order valence-corrected chi connectivity index (χ2v) is 4.08. The van der Waals surface area contributed by atoms with Crippen LogP contribution in [0.1, 0.15) is 25.3 Å². The molecule has 17 heavy (non-hydrogen) atoms. The van der Waals surface area contributed by atoms with Gasteiger partial charge in [0.05, 0.1) is 6.61 Å². The van der Waals surface area contributed by atoms with Gasteiger partial charge in [-0.25, -0.2) is 0 Å². The standard InChI is InChI=1S/C13H15ClO3/c1-2-17-13(16)9-12(15)8-5-10-3-6-11(14)7-4-10/h3-4,6-7H,2,5,8-9H2,1H3. The van der Waals surface area contributed by atoms with Crippen LogP contribution in [0.25, 0.3) is 0 Å². The molecule has 1 aromatic carbocycles.